The lowest BCUT2D eigenvalue weighted by Crippen LogP contribution is -2.50. The first-order valence-corrected chi connectivity index (χ1v) is 33.2. The Morgan fingerprint density at radius 3 is 1.18 bits per heavy atom. The van der Waals surface area contributed by atoms with Crippen LogP contribution in [0.25, 0.3) is 0 Å². The number of fused-ring (bicyclic) bond motifs is 2. The number of carbonyl (C=O) groups is 4. The number of hydrogen-bond donors (Lipinski definition) is 10. The quantitative estimate of drug-likeness (QED) is 0.0294. The van der Waals surface area contributed by atoms with E-state index >= 15 is 0 Å². The van der Waals surface area contributed by atoms with Crippen molar-refractivity contribution in [2.75, 3.05) is 144 Å². The van der Waals surface area contributed by atoms with Gasteiger partial charge >= 0.3 is 12.1 Å². The molecular formula is C58H80Cl2N12O14S2. The first-order valence-electron chi connectivity index (χ1n) is 29.5. The largest absolute Gasteiger partial charge is 0.484 e. The third kappa shape index (κ3) is 19.8. The zero-order chi connectivity index (χ0) is 62.5. The minimum Gasteiger partial charge on any atom is -0.484 e. The van der Waals surface area contributed by atoms with Crippen LogP contribution < -0.4 is 62.3 Å². The Labute approximate surface area is 523 Å². The van der Waals surface area contributed by atoms with E-state index in [1.807, 2.05) is 0 Å². The molecule has 0 aromatic heterocycles. The van der Waals surface area contributed by atoms with E-state index in [1.54, 1.807) is 48.5 Å². The highest BCUT2D eigenvalue weighted by Crippen LogP contribution is 2.43. The first kappa shape index (κ1) is 68.0. The second-order valence-corrected chi connectivity index (χ2v) is 25.6. The number of unbranched alkanes of at least 4 members (excludes halogenated alkanes) is 1. The molecule has 26 nitrogen and oxygen atoms in total. The number of amides is 6. The fourth-order valence-corrected chi connectivity index (χ4v) is 13.4. The van der Waals surface area contributed by atoms with Gasteiger partial charge in [-0.05, 0) is 121 Å². The van der Waals surface area contributed by atoms with Crippen molar-refractivity contribution in [3.63, 3.8) is 0 Å². The number of halogens is 2. The number of sulfonamides is 2. The number of rotatable bonds is 35. The van der Waals surface area contributed by atoms with E-state index in [9.17, 15) is 36.0 Å². The third-order valence-electron chi connectivity index (χ3n) is 15.3. The highest BCUT2D eigenvalue weighted by Gasteiger charge is 2.42. The average molecular weight is 1300 g/mol. The fourth-order valence-electron chi connectivity index (χ4n) is 11.0. The summed E-state index contributed by atoms with van der Waals surface area (Å²) in [5, 5.41) is 18.4. The molecule has 0 saturated carbocycles. The zero-order valence-corrected chi connectivity index (χ0v) is 52.1. The van der Waals surface area contributed by atoms with Gasteiger partial charge in [-0.2, -0.15) is 0 Å². The minimum absolute atomic E-state index is 0.0340. The number of piperazine rings is 2. The van der Waals surface area contributed by atoms with Crippen LogP contribution >= 0.6 is 23.2 Å². The molecule has 2 heterocycles. The Hall–Kier alpha value is -5.96. The molecule has 0 unspecified atom stereocenters. The number of hydrogen-bond acceptors (Lipinski definition) is 18. The minimum atomic E-state index is -3.85. The zero-order valence-electron chi connectivity index (χ0n) is 49.0. The maximum absolute atomic E-state index is 13.1. The number of carbonyl (C=O) groups excluding carboxylic acids is 4. The van der Waals surface area contributed by atoms with Crippen LogP contribution in [0.5, 0.6) is 11.5 Å². The Morgan fingerprint density at radius 2 is 0.830 bits per heavy atom. The van der Waals surface area contributed by atoms with E-state index in [0.717, 1.165) is 74.6 Å². The van der Waals surface area contributed by atoms with Crippen LogP contribution in [0, 0.1) is 0 Å². The standard InChI is InChI=1S/C58H80Cl2N12O14S2/c59-39-33-47-45(49(35-39)55(61)73)37-51(71-21-13-63-14-22-71)53(47)85-41-3-7-43(8-4-41)87(77,78)69-19-27-83-31-29-81-25-17-67-57(75)65-11-1-2-12-66-58(76)68-18-26-82-30-32-84-28-20-70-88(79,80)44-9-5-42(6-10-44)86-54-48-34-40(60)36-50(56(62)74)46(48)38-52(54)72-23-15-64-16-24-72/h3-10,33-36,51-54,63-64,69-70H,1-2,11-32,37-38H2,(H2,61,73)(H2,62,74)(H2,65,67,75)(H2,66,68,76)/t51-,52-,53-,54-/m0/s1. The summed E-state index contributed by atoms with van der Waals surface area (Å²) in [6.45, 7) is 9.51. The Bertz CT molecular complexity index is 2990. The van der Waals surface area contributed by atoms with Crippen molar-refractivity contribution in [3.8, 4) is 11.5 Å². The predicted octanol–water partition coefficient (Wildman–Crippen LogP) is 1.79. The Balaban J connectivity index is 0.587. The van der Waals surface area contributed by atoms with Crippen molar-refractivity contribution in [2.24, 2.45) is 11.5 Å². The summed E-state index contributed by atoms with van der Waals surface area (Å²) in [7, 11) is -7.69. The summed E-state index contributed by atoms with van der Waals surface area (Å²) < 4.78 is 92.3. The van der Waals surface area contributed by atoms with Crippen LogP contribution in [0.2, 0.25) is 10.0 Å². The molecule has 4 aromatic carbocycles. The molecule has 0 bridgehead atoms. The normalized spacial score (nSPS) is 18.7. The number of ether oxygens (including phenoxy) is 6. The fraction of sp³-hybridized carbons (Fsp3) is 0.517. The van der Waals surface area contributed by atoms with E-state index in [2.05, 4.69) is 51.1 Å². The molecule has 2 aliphatic heterocycles. The summed E-state index contributed by atoms with van der Waals surface area (Å²) in [6.07, 6.45) is 1.48. The Kier molecular flexibility index (Phi) is 26.1. The monoisotopic (exact) mass is 1300 g/mol. The van der Waals surface area contributed by atoms with Crippen LogP contribution in [-0.4, -0.2) is 207 Å². The maximum Gasteiger partial charge on any atom is 0.314 e. The molecule has 88 heavy (non-hydrogen) atoms. The van der Waals surface area contributed by atoms with E-state index in [1.165, 1.54) is 24.3 Å². The van der Waals surface area contributed by atoms with Crippen molar-refractivity contribution in [3.05, 3.63) is 116 Å². The predicted molar refractivity (Wildman–Crippen MR) is 329 cm³/mol. The van der Waals surface area contributed by atoms with Crippen molar-refractivity contribution < 1.29 is 64.4 Å². The lowest BCUT2D eigenvalue weighted by atomic mass is 10.0. The first-order chi connectivity index (χ1) is 42.5. The number of nitrogens with two attached hydrogens (primary N) is 2. The number of primary amides is 2. The second kappa shape index (κ2) is 33.7. The van der Waals surface area contributed by atoms with Gasteiger partial charge < -0.3 is 71.8 Å². The van der Waals surface area contributed by atoms with Gasteiger partial charge in [-0.15, -0.1) is 0 Å². The molecule has 4 atom stereocenters. The summed E-state index contributed by atoms with van der Waals surface area (Å²) in [4.78, 5) is 53.8. The van der Waals surface area contributed by atoms with Crippen molar-refractivity contribution >= 4 is 67.1 Å². The molecule has 6 amide bonds. The summed E-state index contributed by atoms with van der Waals surface area (Å²) in [6, 6.07) is 18.2. The molecule has 0 spiro atoms. The molecule has 2 saturated heterocycles. The molecule has 8 rings (SSSR count). The van der Waals surface area contributed by atoms with Crippen molar-refractivity contribution in [1.82, 2.24) is 51.1 Å². The molecule has 30 heteroatoms. The molecular weight excluding hydrogens is 1220 g/mol. The lowest BCUT2D eigenvalue weighted by molar-refractivity contribution is 0.0516. The van der Waals surface area contributed by atoms with Crippen molar-refractivity contribution in [1.29, 1.82) is 0 Å². The third-order valence-corrected chi connectivity index (χ3v) is 18.7. The molecule has 482 valence electrons. The number of nitrogens with zero attached hydrogens (tertiary/aromatic N) is 2. The van der Waals surface area contributed by atoms with Gasteiger partial charge in [-0.1, -0.05) is 23.2 Å². The Morgan fingerprint density at radius 1 is 0.489 bits per heavy atom. The second-order valence-electron chi connectivity index (χ2n) is 21.2. The molecule has 4 aromatic rings. The van der Waals surface area contributed by atoms with Gasteiger partial charge in [0.05, 0.1) is 74.7 Å². The number of benzene rings is 4. The van der Waals surface area contributed by atoms with Crippen LogP contribution in [0.15, 0.2) is 82.6 Å². The van der Waals surface area contributed by atoms with E-state index in [0.29, 0.717) is 71.4 Å². The van der Waals surface area contributed by atoms with Crippen LogP contribution in [0.1, 0.15) is 68.0 Å². The summed E-state index contributed by atoms with van der Waals surface area (Å²) in [5.74, 6) is -0.187. The average Bonchev–Trinajstić information content (AvgIpc) is 2.29. The summed E-state index contributed by atoms with van der Waals surface area (Å²) >= 11 is 12.8. The van der Waals surface area contributed by atoms with E-state index < -0.39 is 44.1 Å². The molecule has 0 radical (unpaired) electrons. The molecule has 4 aliphatic rings. The van der Waals surface area contributed by atoms with Gasteiger partial charge in [-0.25, -0.2) is 35.9 Å². The van der Waals surface area contributed by atoms with Gasteiger partial charge in [0.1, 0.15) is 23.7 Å². The SMILES string of the molecule is NC(=O)c1cc(Cl)cc2c1C[C@H](N1CCNCC1)[C@H]2Oc1ccc(S(=O)(=O)NCCOCCOCCNC(=O)NCCCCNC(=O)NCCOCCOCCNS(=O)(=O)c2ccc(O[C@H]3c4cc(Cl)cc(C(N)=O)c4C[C@@H]3N3CCNCC3)cc2)cc1. The lowest BCUT2D eigenvalue weighted by Gasteiger charge is -2.36. The number of nitrogens with one attached hydrogen (secondary N) is 8. The highest BCUT2D eigenvalue weighted by molar-refractivity contribution is 7.89. The highest BCUT2D eigenvalue weighted by atomic mass is 35.5. The van der Waals surface area contributed by atoms with Crippen molar-refractivity contribution in [2.45, 2.75) is 59.8 Å². The molecule has 2 fully saturated rings. The summed E-state index contributed by atoms with van der Waals surface area (Å²) in [5.41, 5.74) is 15.4. The van der Waals surface area contributed by atoms with E-state index in [-0.39, 0.29) is 113 Å². The van der Waals surface area contributed by atoms with Gasteiger partial charge in [0.2, 0.25) is 31.9 Å². The molecule has 2 aliphatic carbocycles. The van der Waals surface area contributed by atoms with E-state index in [4.69, 9.17) is 63.1 Å². The smallest absolute Gasteiger partial charge is 0.314 e. The topological polar surface area (TPSA) is 347 Å². The van der Waals surface area contributed by atoms with Gasteiger partial charge in [0.15, 0.2) is 0 Å². The maximum atomic E-state index is 13.1. The van der Waals surface area contributed by atoms with Crippen LogP contribution in [-0.2, 0) is 51.8 Å². The van der Waals surface area contributed by atoms with Gasteiger partial charge in [0.25, 0.3) is 0 Å². The number of urea groups is 2. The van der Waals surface area contributed by atoms with Crippen LogP contribution in [0.4, 0.5) is 9.59 Å². The molecule has 12 N–H and O–H groups in total. The van der Waals surface area contributed by atoms with Gasteiger partial charge in [-0.3, -0.25) is 19.4 Å². The van der Waals surface area contributed by atoms with Crippen LogP contribution in [0.3, 0.4) is 0 Å². The van der Waals surface area contributed by atoms with Gasteiger partial charge in [0, 0.05) is 113 Å².